The normalized spacial score (nSPS) is 33.9. The fraction of sp³-hybridized carbons (Fsp3) is 0.917. The highest BCUT2D eigenvalue weighted by Gasteiger charge is 2.40. The van der Waals surface area contributed by atoms with Crippen molar-refractivity contribution < 1.29 is 19.1 Å². The third-order valence-electron chi connectivity index (χ3n) is 9.84. The van der Waals surface area contributed by atoms with Crippen LogP contribution < -0.4 is 37.2 Å². The molecular weight excluding hydrogens is 627 g/mol. The number of carbonyl (C=O) groups is 3. The van der Waals surface area contributed by atoms with Crippen LogP contribution in [0.15, 0.2) is 0 Å². The lowest BCUT2D eigenvalue weighted by Gasteiger charge is -2.26. The van der Waals surface area contributed by atoms with Gasteiger partial charge in [0.2, 0.25) is 5.91 Å². The van der Waals surface area contributed by atoms with Gasteiger partial charge >= 0.3 is 12.1 Å². The number of hydrogen-bond acceptors (Lipinski definition) is 7. The Kier molecular flexibility index (Phi) is 21.6. The van der Waals surface area contributed by atoms with Gasteiger partial charge in [0.25, 0.3) is 0 Å². The van der Waals surface area contributed by atoms with Gasteiger partial charge in [-0.2, -0.15) is 11.8 Å². The second-order valence-corrected chi connectivity index (χ2v) is 16.0. The second-order valence-electron chi connectivity index (χ2n) is 14.6. The predicted octanol–water partition coefficient (Wildman–Crippen LogP) is 4.90. The van der Waals surface area contributed by atoms with E-state index < -0.39 is 0 Å². The monoisotopic (exact) mass is 698 g/mol. The number of fused-ring (bicyclic) bond motifs is 1. The van der Waals surface area contributed by atoms with Gasteiger partial charge in [-0.05, 0) is 65.2 Å². The number of hydrogen-bond donors (Lipinski definition) is 7. The highest BCUT2D eigenvalue weighted by Crippen LogP contribution is 2.28. The molecule has 0 bridgehead atoms. The molecule has 5 amide bonds. The standard InChI is InChI=1S/C7H13NO.C6H10N2OS.C6H14N2.C6H12O.C6H12.C5H10N2O/c1-6-4-2-3-5-8-7(6)9;1-3-5-4(2-10-3)7-6(9)8-5;1-5-3-8-6(2)4-7-5;1-6-4-2-3-5-7-6;1-6-4-2-3-5-6;1-2-4-3-6-5(8)7-4/h6H,2-5H2,1H3,(H,8,9);3-5H,2H2,1H3,(H2,7,8,9);5-8H,3-4H2,1-2H3;6H,2-5H2,1H3;6H,2-5H2,1H3;4H,2-3H2,1H3,(H2,6,7,8). The average Bonchev–Trinajstić information content (AvgIpc) is 3.86. The van der Waals surface area contributed by atoms with Gasteiger partial charge in [0, 0.05) is 67.8 Å². The Balaban J connectivity index is 0.000000202. The van der Waals surface area contributed by atoms with E-state index in [1.54, 1.807) is 0 Å². The zero-order valence-corrected chi connectivity index (χ0v) is 32.1. The minimum absolute atomic E-state index is 0.00199. The van der Waals surface area contributed by atoms with Crippen LogP contribution in [0.1, 0.15) is 119 Å². The summed E-state index contributed by atoms with van der Waals surface area (Å²) in [6.45, 7) is 19.9. The first-order valence-corrected chi connectivity index (χ1v) is 20.1. The van der Waals surface area contributed by atoms with Crippen molar-refractivity contribution in [2.45, 2.75) is 161 Å². The predicted molar refractivity (Wildman–Crippen MR) is 200 cm³/mol. The molecule has 6 saturated heterocycles. The van der Waals surface area contributed by atoms with Gasteiger partial charge in [0.1, 0.15) is 0 Å². The number of carbonyl (C=O) groups excluding carboxylic acids is 3. The van der Waals surface area contributed by atoms with E-state index in [0.29, 0.717) is 41.6 Å². The maximum absolute atomic E-state index is 10.9. The summed E-state index contributed by atoms with van der Waals surface area (Å²) in [5, 5.41) is 21.4. The molecule has 8 unspecified atom stereocenters. The fourth-order valence-electron chi connectivity index (χ4n) is 6.27. The van der Waals surface area contributed by atoms with E-state index in [1.165, 1.54) is 51.4 Å². The van der Waals surface area contributed by atoms with Crippen LogP contribution >= 0.6 is 11.8 Å². The van der Waals surface area contributed by atoms with Crippen LogP contribution in [-0.4, -0.2) is 98.1 Å². The summed E-state index contributed by atoms with van der Waals surface area (Å²) in [4.78, 5) is 32.1. The number of urea groups is 2. The zero-order chi connectivity index (χ0) is 35.3. The van der Waals surface area contributed by atoms with Crippen LogP contribution in [0.25, 0.3) is 0 Å². The summed E-state index contributed by atoms with van der Waals surface area (Å²) in [5.74, 6) is 2.58. The van der Waals surface area contributed by atoms with Gasteiger partial charge in [-0.25, -0.2) is 9.59 Å². The van der Waals surface area contributed by atoms with Gasteiger partial charge in [-0.1, -0.05) is 59.8 Å². The van der Waals surface area contributed by atoms with Crippen molar-refractivity contribution in [3.05, 3.63) is 0 Å². The first-order valence-electron chi connectivity index (χ1n) is 19.1. The molecule has 280 valence electrons. The Morgan fingerprint density at radius 1 is 0.708 bits per heavy atom. The first kappa shape index (κ1) is 42.4. The third-order valence-corrected chi connectivity index (χ3v) is 11.2. The molecule has 6 aliphatic heterocycles. The molecule has 0 aromatic rings. The number of rotatable bonds is 1. The molecule has 7 N–H and O–H groups in total. The average molecular weight is 698 g/mol. The van der Waals surface area contributed by atoms with Crippen molar-refractivity contribution in [3.63, 3.8) is 0 Å². The summed E-state index contributed by atoms with van der Waals surface area (Å²) in [6.07, 6.45) is 14.8. The first-order chi connectivity index (χ1) is 23.0. The van der Waals surface area contributed by atoms with Gasteiger partial charge in [-0.3, -0.25) is 4.79 Å². The summed E-state index contributed by atoms with van der Waals surface area (Å²) >= 11 is 1.91. The van der Waals surface area contributed by atoms with E-state index in [0.717, 1.165) is 63.7 Å². The summed E-state index contributed by atoms with van der Waals surface area (Å²) in [6, 6.07) is 2.41. The Labute approximate surface area is 296 Å². The highest BCUT2D eigenvalue weighted by atomic mass is 32.2. The molecule has 11 nitrogen and oxygen atoms in total. The van der Waals surface area contributed by atoms with E-state index >= 15 is 0 Å². The highest BCUT2D eigenvalue weighted by molar-refractivity contribution is 8.00. The SMILES string of the molecule is CC1CCCC1.CC1CCCCNC1=O.CC1CCCCO1.CC1CNC(C)CN1.CC1SCC2NC(=O)NC21.CCC1CNC(=O)N1. The van der Waals surface area contributed by atoms with Crippen LogP contribution in [0.3, 0.4) is 0 Å². The van der Waals surface area contributed by atoms with Gasteiger partial charge < -0.3 is 42.0 Å². The molecule has 7 aliphatic rings. The Bertz CT molecular complexity index is 886. The van der Waals surface area contributed by atoms with Crippen molar-refractivity contribution in [2.75, 3.05) is 38.5 Å². The van der Waals surface area contributed by atoms with E-state index in [-0.39, 0.29) is 23.9 Å². The van der Waals surface area contributed by atoms with Crippen LogP contribution in [0.4, 0.5) is 9.59 Å². The van der Waals surface area contributed by atoms with Gasteiger partial charge in [-0.15, -0.1) is 0 Å². The van der Waals surface area contributed by atoms with Gasteiger partial charge in [0.15, 0.2) is 0 Å². The van der Waals surface area contributed by atoms with E-state index in [2.05, 4.69) is 78.8 Å². The molecule has 12 heteroatoms. The van der Waals surface area contributed by atoms with Crippen LogP contribution in [-0.2, 0) is 9.53 Å². The number of ether oxygens (including phenoxy) is 1. The Hall–Kier alpha value is -1.76. The largest absolute Gasteiger partial charge is 0.379 e. The lowest BCUT2D eigenvalue weighted by Crippen LogP contribution is -2.51. The molecule has 6 heterocycles. The van der Waals surface area contributed by atoms with Crippen molar-refractivity contribution in [2.24, 2.45) is 11.8 Å². The van der Waals surface area contributed by atoms with Crippen molar-refractivity contribution in [3.8, 4) is 0 Å². The number of piperazine rings is 1. The number of thioether (sulfide) groups is 1. The second kappa shape index (κ2) is 24.4. The third kappa shape index (κ3) is 18.3. The molecule has 7 rings (SSSR count). The fourth-order valence-corrected chi connectivity index (χ4v) is 7.54. The molecule has 0 radical (unpaired) electrons. The lowest BCUT2D eigenvalue weighted by atomic mass is 10.1. The molecule has 8 atom stereocenters. The van der Waals surface area contributed by atoms with Crippen LogP contribution in [0.5, 0.6) is 0 Å². The van der Waals surface area contributed by atoms with Crippen molar-refractivity contribution >= 4 is 29.7 Å². The lowest BCUT2D eigenvalue weighted by molar-refractivity contribution is -0.124. The molecule has 7 fully saturated rings. The van der Waals surface area contributed by atoms with Crippen molar-refractivity contribution in [1.29, 1.82) is 0 Å². The summed E-state index contributed by atoms with van der Waals surface area (Å²) < 4.78 is 5.28. The number of nitrogens with one attached hydrogen (secondary N) is 7. The maximum Gasteiger partial charge on any atom is 0.315 e. The maximum atomic E-state index is 10.9. The summed E-state index contributed by atoms with van der Waals surface area (Å²) in [5.41, 5.74) is 0. The van der Waals surface area contributed by atoms with Crippen molar-refractivity contribution in [1.82, 2.24) is 37.2 Å². The molecule has 0 aromatic heterocycles. The van der Waals surface area contributed by atoms with E-state index in [1.807, 2.05) is 18.7 Å². The minimum atomic E-state index is -0.0307. The molecule has 1 aliphatic carbocycles. The summed E-state index contributed by atoms with van der Waals surface area (Å²) in [7, 11) is 0. The number of amides is 5. The smallest absolute Gasteiger partial charge is 0.315 e. The molecular formula is C36H71N7O4S. The van der Waals surface area contributed by atoms with Crippen LogP contribution in [0, 0.1) is 11.8 Å². The van der Waals surface area contributed by atoms with E-state index in [9.17, 15) is 14.4 Å². The topological polar surface area (TPSA) is 145 Å². The zero-order valence-electron chi connectivity index (χ0n) is 31.3. The minimum Gasteiger partial charge on any atom is -0.379 e. The quantitative estimate of drug-likeness (QED) is 0.193. The Morgan fingerprint density at radius 3 is 1.79 bits per heavy atom. The van der Waals surface area contributed by atoms with Crippen LogP contribution in [0.2, 0.25) is 0 Å². The Morgan fingerprint density at radius 2 is 1.35 bits per heavy atom. The molecule has 0 spiro atoms. The molecule has 1 saturated carbocycles. The van der Waals surface area contributed by atoms with E-state index in [4.69, 9.17) is 4.74 Å². The molecule has 48 heavy (non-hydrogen) atoms. The van der Waals surface area contributed by atoms with Gasteiger partial charge in [0.05, 0.1) is 18.2 Å². The molecule has 0 aromatic carbocycles.